The van der Waals surface area contributed by atoms with E-state index in [1.165, 1.54) is 5.56 Å². The van der Waals surface area contributed by atoms with Crippen molar-refractivity contribution in [2.45, 2.75) is 26.3 Å². The summed E-state index contributed by atoms with van der Waals surface area (Å²) in [5, 5.41) is 6.80. The predicted octanol–water partition coefficient (Wildman–Crippen LogP) is 4.19. The average Bonchev–Trinajstić information content (AvgIpc) is 2.53. The molecule has 0 aliphatic heterocycles. The Morgan fingerprint density at radius 1 is 1.18 bits per heavy atom. The first-order chi connectivity index (χ1) is 10.6. The molecule has 0 saturated heterocycles. The third kappa shape index (κ3) is 4.58. The molecule has 0 fully saturated rings. The monoisotopic (exact) mass is 316 g/mol. The van der Waals surface area contributed by atoms with Gasteiger partial charge in [0.1, 0.15) is 0 Å². The number of aryl methyl sites for hydroxylation is 1. The van der Waals surface area contributed by atoms with Gasteiger partial charge in [0.05, 0.1) is 6.54 Å². The summed E-state index contributed by atoms with van der Waals surface area (Å²) in [5.41, 5.74) is 3.02. The Morgan fingerprint density at radius 3 is 2.68 bits per heavy atom. The van der Waals surface area contributed by atoms with E-state index in [2.05, 4.69) is 17.6 Å². The molecule has 0 aliphatic carbocycles. The van der Waals surface area contributed by atoms with E-state index in [0.29, 0.717) is 5.02 Å². The van der Waals surface area contributed by atoms with E-state index in [1.54, 1.807) is 0 Å². The third-order valence-electron chi connectivity index (χ3n) is 3.56. The van der Waals surface area contributed by atoms with E-state index in [1.807, 2.05) is 55.5 Å². The summed E-state index contributed by atoms with van der Waals surface area (Å²) in [5.74, 6) is -0.0628. The largest absolute Gasteiger partial charge is 0.325 e. The number of hydrogen-bond donors (Lipinski definition) is 2. The van der Waals surface area contributed by atoms with Gasteiger partial charge in [-0.15, -0.1) is 0 Å². The molecule has 1 atom stereocenters. The van der Waals surface area contributed by atoms with Gasteiger partial charge in [-0.25, -0.2) is 0 Å². The number of carbonyl (C=O) groups excluding carboxylic acids is 1. The maximum absolute atomic E-state index is 12.0. The fourth-order valence-electron chi connectivity index (χ4n) is 2.26. The second-order valence-electron chi connectivity index (χ2n) is 5.23. The molecule has 2 N–H and O–H groups in total. The van der Waals surface area contributed by atoms with Crippen molar-refractivity contribution in [3.05, 3.63) is 64.7 Å². The fourth-order valence-corrected chi connectivity index (χ4v) is 2.56. The van der Waals surface area contributed by atoms with Gasteiger partial charge in [-0.1, -0.05) is 48.9 Å². The maximum atomic E-state index is 12.0. The number of amides is 1. The molecule has 0 aliphatic rings. The first-order valence-electron chi connectivity index (χ1n) is 7.46. The summed E-state index contributed by atoms with van der Waals surface area (Å²) in [7, 11) is 0. The molecular weight excluding hydrogens is 296 g/mol. The van der Waals surface area contributed by atoms with Gasteiger partial charge in [0, 0.05) is 16.8 Å². The summed E-state index contributed by atoms with van der Waals surface area (Å²) in [6.45, 7) is 4.32. The lowest BCUT2D eigenvalue weighted by atomic mass is 10.1. The van der Waals surface area contributed by atoms with Gasteiger partial charge in [0.15, 0.2) is 0 Å². The first-order valence-corrected chi connectivity index (χ1v) is 7.84. The molecule has 2 aromatic carbocycles. The maximum Gasteiger partial charge on any atom is 0.238 e. The standard InChI is InChI=1S/C18H21ClN2O/c1-3-14-7-6-8-15(11-14)21-18(22)12-20-13(2)16-9-4-5-10-17(16)19/h4-11,13,20H,3,12H2,1-2H3,(H,21,22). The molecule has 0 radical (unpaired) electrons. The van der Waals surface area contributed by atoms with Crippen molar-refractivity contribution in [3.63, 3.8) is 0 Å². The lowest BCUT2D eigenvalue weighted by Crippen LogP contribution is -2.30. The van der Waals surface area contributed by atoms with Gasteiger partial charge in [-0.05, 0) is 42.7 Å². The number of halogens is 1. The topological polar surface area (TPSA) is 41.1 Å². The molecular formula is C18H21ClN2O. The number of hydrogen-bond acceptors (Lipinski definition) is 2. The highest BCUT2D eigenvalue weighted by Crippen LogP contribution is 2.21. The van der Waals surface area contributed by atoms with Crippen LogP contribution in [-0.4, -0.2) is 12.5 Å². The number of anilines is 1. The van der Waals surface area contributed by atoms with Crippen LogP contribution in [0, 0.1) is 0 Å². The summed E-state index contributed by atoms with van der Waals surface area (Å²) in [4.78, 5) is 12.0. The Hall–Kier alpha value is -1.84. The van der Waals surface area contributed by atoms with Crippen LogP contribution >= 0.6 is 11.6 Å². The van der Waals surface area contributed by atoms with Gasteiger partial charge in [-0.3, -0.25) is 4.79 Å². The minimum atomic E-state index is -0.0628. The fraction of sp³-hybridized carbons (Fsp3) is 0.278. The van der Waals surface area contributed by atoms with Crippen molar-refractivity contribution in [3.8, 4) is 0 Å². The van der Waals surface area contributed by atoms with Crippen molar-refractivity contribution >= 4 is 23.2 Å². The first kappa shape index (κ1) is 16.5. The van der Waals surface area contributed by atoms with Crippen molar-refractivity contribution in [1.82, 2.24) is 5.32 Å². The van der Waals surface area contributed by atoms with Gasteiger partial charge in [0.2, 0.25) is 5.91 Å². The molecule has 0 heterocycles. The van der Waals surface area contributed by atoms with Gasteiger partial charge >= 0.3 is 0 Å². The Kier molecular flexibility index (Phi) is 5.99. The highest BCUT2D eigenvalue weighted by molar-refractivity contribution is 6.31. The van der Waals surface area contributed by atoms with Crippen LogP contribution in [0.2, 0.25) is 5.02 Å². The smallest absolute Gasteiger partial charge is 0.238 e. The Morgan fingerprint density at radius 2 is 1.95 bits per heavy atom. The number of carbonyl (C=O) groups is 1. The van der Waals surface area contributed by atoms with Gasteiger partial charge in [0.25, 0.3) is 0 Å². The van der Waals surface area contributed by atoms with Crippen LogP contribution in [0.3, 0.4) is 0 Å². The zero-order valence-electron chi connectivity index (χ0n) is 12.9. The van der Waals surface area contributed by atoms with Gasteiger partial charge in [-0.2, -0.15) is 0 Å². The summed E-state index contributed by atoms with van der Waals surface area (Å²) in [6, 6.07) is 15.6. The van der Waals surface area contributed by atoms with E-state index in [9.17, 15) is 4.79 Å². The average molecular weight is 317 g/mol. The second kappa shape index (κ2) is 7.97. The molecule has 1 unspecified atom stereocenters. The Balaban J connectivity index is 1.88. The molecule has 0 spiro atoms. The summed E-state index contributed by atoms with van der Waals surface area (Å²) < 4.78 is 0. The molecule has 0 saturated carbocycles. The SMILES string of the molecule is CCc1cccc(NC(=O)CNC(C)c2ccccc2Cl)c1. The Labute approximate surface area is 136 Å². The number of rotatable bonds is 6. The molecule has 4 heteroatoms. The van der Waals surface area contributed by atoms with E-state index in [4.69, 9.17) is 11.6 Å². The minimum absolute atomic E-state index is 0.0152. The van der Waals surface area contributed by atoms with Crippen LogP contribution in [0.4, 0.5) is 5.69 Å². The molecule has 0 aromatic heterocycles. The van der Waals surface area contributed by atoms with E-state index >= 15 is 0 Å². The molecule has 0 bridgehead atoms. The molecule has 2 aromatic rings. The van der Waals surface area contributed by atoms with Crippen LogP contribution in [0.15, 0.2) is 48.5 Å². The van der Waals surface area contributed by atoms with E-state index in [0.717, 1.165) is 17.7 Å². The predicted molar refractivity (Wildman–Crippen MR) is 92.3 cm³/mol. The highest BCUT2D eigenvalue weighted by Gasteiger charge is 2.10. The molecule has 1 amide bonds. The summed E-state index contributed by atoms with van der Waals surface area (Å²) >= 11 is 6.16. The van der Waals surface area contributed by atoms with E-state index < -0.39 is 0 Å². The van der Waals surface area contributed by atoms with Crippen LogP contribution in [-0.2, 0) is 11.2 Å². The lowest BCUT2D eigenvalue weighted by Gasteiger charge is -2.15. The Bertz CT molecular complexity index is 642. The molecule has 22 heavy (non-hydrogen) atoms. The lowest BCUT2D eigenvalue weighted by molar-refractivity contribution is -0.115. The quantitative estimate of drug-likeness (QED) is 0.839. The summed E-state index contributed by atoms with van der Waals surface area (Å²) in [6.07, 6.45) is 0.950. The van der Waals surface area contributed by atoms with Crippen molar-refractivity contribution < 1.29 is 4.79 Å². The third-order valence-corrected chi connectivity index (χ3v) is 3.90. The van der Waals surface area contributed by atoms with Crippen LogP contribution in [0.5, 0.6) is 0 Å². The van der Waals surface area contributed by atoms with Crippen molar-refractivity contribution in [2.24, 2.45) is 0 Å². The second-order valence-corrected chi connectivity index (χ2v) is 5.63. The highest BCUT2D eigenvalue weighted by atomic mass is 35.5. The van der Waals surface area contributed by atoms with Crippen LogP contribution in [0.25, 0.3) is 0 Å². The molecule has 116 valence electrons. The van der Waals surface area contributed by atoms with Crippen LogP contribution in [0.1, 0.15) is 31.0 Å². The molecule has 2 rings (SSSR count). The molecule has 3 nitrogen and oxygen atoms in total. The van der Waals surface area contributed by atoms with E-state index in [-0.39, 0.29) is 18.5 Å². The number of benzene rings is 2. The zero-order chi connectivity index (χ0) is 15.9. The van der Waals surface area contributed by atoms with Crippen LogP contribution < -0.4 is 10.6 Å². The van der Waals surface area contributed by atoms with Gasteiger partial charge < -0.3 is 10.6 Å². The minimum Gasteiger partial charge on any atom is -0.325 e. The number of nitrogens with one attached hydrogen (secondary N) is 2. The zero-order valence-corrected chi connectivity index (χ0v) is 13.7. The van der Waals surface area contributed by atoms with Crippen molar-refractivity contribution in [1.29, 1.82) is 0 Å². The normalized spacial score (nSPS) is 12.0. The van der Waals surface area contributed by atoms with Crippen molar-refractivity contribution in [2.75, 3.05) is 11.9 Å².